The van der Waals surface area contributed by atoms with Gasteiger partial charge in [0.15, 0.2) is 0 Å². The zero-order valence-corrected chi connectivity index (χ0v) is 12.0. The molecule has 0 heterocycles. The summed E-state index contributed by atoms with van der Waals surface area (Å²) in [6, 6.07) is 0. The number of hydrogen-bond acceptors (Lipinski definition) is 0. The summed E-state index contributed by atoms with van der Waals surface area (Å²) in [4.78, 5) is 0. The topological polar surface area (TPSA) is 0 Å². The van der Waals surface area contributed by atoms with Crippen LogP contribution in [0.25, 0.3) is 0 Å². The molecule has 0 aliphatic rings. The highest BCUT2D eigenvalue weighted by molar-refractivity contribution is 7.67. The predicted molar refractivity (Wildman–Crippen MR) is 79.1 cm³/mol. The van der Waals surface area contributed by atoms with Crippen molar-refractivity contribution >= 4 is 7.92 Å². The molecule has 0 aromatic heterocycles. The van der Waals surface area contributed by atoms with Crippen molar-refractivity contribution in [3.05, 3.63) is 35.7 Å². The van der Waals surface area contributed by atoms with Gasteiger partial charge in [-0.3, -0.25) is 0 Å². The highest BCUT2D eigenvalue weighted by Gasteiger charge is 1.91. The van der Waals surface area contributed by atoms with Crippen LogP contribution >= 0.6 is 7.92 Å². The molecule has 0 fully saturated rings. The van der Waals surface area contributed by atoms with Gasteiger partial charge in [-0.2, -0.15) is 0 Å². The Bertz CT molecular complexity index is 175. The third-order valence-electron chi connectivity index (χ3n) is 2.20. The lowest BCUT2D eigenvalue weighted by atomic mass is 10.3. The minimum atomic E-state index is -0.137. The maximum absolute atomic E-state index is 2.39. The smallest absolute Gasteiger partial charge is 0.0350 e. The van der Waals surface area contributed by atoms with Crippen LogP contribution in [-0.2, 0) is 0 Å². The van der Waals surface area contributed by atoms with Gasteiger partial charge in [0.1, 0.15) is 0 Å². The molecule has 0 aromatic rings. The lowest BCUT2D eigenvalue weighted by Gasteiger charge is -2.01. The number of unbranched alkanes of at least 4 members (excludes halogenated alkanes) is 3. The molecule has 0 unspecified atom stereocenters. The first-order chi connectivity index (χ1) is 7.85. The Kier molecular flexibility index (Phi) is 12.4. The van der Waals surface area contributed by atoms with E-state index in [2.05, 4.69) is 56.5 Å². The highest BCUT2D eigenvalue weighted by Crippen LogP contribution is 2.41. The molecular formula is C15H27P. The summed E-state index contributed by atoms with van der Waals surface area (Å²) in [5.74, 6) is 7.16. The molecule has 0 rings (SSSR count). The standard InChI is InChI=1S/C15H27P/c1-4-7-10-13-16(14-11-8-5-2)15-12-9-6-3/h10-15H,4-9H2,1-3H3. The third kappa shape index (κ3) is 10.2. The average Bonchev–Trinajstić information content (AvgIpc) is 2.29. The van der Waals surface area contributed by atoms with Crippen LogP contribution in [0.5, 0.6) is 0 Å². The van der Waals surface area contributed by atoms with Gasteiger partial charge >= 0.3 is 0 Å². The van der Waals surface area contributed by atoms with Crippen molar-refractivity contribution in [1.82, 2.24) is 0 Å². The van der Waals surface area contributed by atoms with Crippen LogP contribution in [0.3, 0.4) is 0 Å². The van der Waals surface area contributed by atoms with Crippen LogP contribution in [0.2, 0.25) is 0 Å². The molecule has 0 bridgehead atoms. The van der Waals surface area contributed by atoms with E-state index < -0.39 is 0 Å². The predicted octanol–water partition coefficient (Wildman–Crippen LogP) is 6.41. The number of allylic oxidation sites excluding steroid dienone is 3. The summed E-state index contributed by atoms with van der Waals surface area (Å²) < 4.78 is 0. The van der Waals surface area contributed by atoms with E-state index in [4.69, 9.17) is 0 Å². The van der Waals surface area contributed by atoms with Crippen molar-refractivity contribution in [2.45, 2.75) is 59.3 Å². The molecule has 0 saturated heterocycles. The van der Waals surface area contributed by atoms with E-state index in [-0.39, 0.29) is 7.92 Å². The van der Waals surface area contributed by atoms with Crippen molar-refractivity contribution < 1.29 is 0 Å². The van der Waals surface area contributed by atoms with Gasteiger partial charge in [-0.15, -0.1) is 0 Å². The van der Waals surface area contributed by atoms with E-state index >= 15 is 0 Å². The maximum Gasteiger partial charge on any atom is -0.0350 e. The van der Waals surface area contributed by atoms with E-state index in [0.717, 1.165) is 0 Å². The first-order valence-electron chi connectivity index (χ1n) is 6.62. The number of hydrogen-bond donors (Lipinski definition) is 0. The van der Waals surface area contributed by atoms with Gasteiger partial charge in [0.2, 0.25) is 0 Å². The first-order valence-corrected chi connectivity index (χ1v) is 8.17. The Morgan fingerprint density at radius 3 is 1.19 bits per heavy atom. The monoisotopic (exact) mass is 238 g/mol. The fourth-order valence-corrected chi connectivity index (χ4v) is 2.71. The van der Waals surface area contributed by atoms with Crippen molar-refractivity contribution in [2.24, 2.45) is 0 Å². The first kappa shape index (κ1) is 15.7. The lowest BCUT2D eigenvalue weighted by Crippen LogP contribution is -1.65. The van der Waals surface area contributed by atoms with E-state index in [1.807, 2.05) is 0 Å². The van der Waals surface area contributed by atoms with Gasteiger partial charge in [0.25, 0.3) is 0 Å². The third-order valence-corrected chi connectivity index (χ3v) is 3.86. The van der Waals surface area contributed by atoms with E-state index in [0.29, 0.717) is 0 Å². The van der Waals surface area contributed by atoms with Crippen LogP contribution in [-0.4, -0.2) is 0 Å². The summed E-state index contributed by atoms with van der Waals surface area (Å²) in [6.45, 7) is 6.69. The van der Waals surface area contributed by atoms with Gasteiger partial charge in [0.05, 0.1) is 0 Å². The molecule has 0 nitrogen and oxygen atoms in total. The second-order valence-electron chi connectivity index (χ2n) is 3.97. The minimum Gasteiger partial charge on any atom is -0.0835 e. The molecule has 0 spiro atoms. The van der Waals surface area contributed by atoms with E-state index in [9.17, 15) is 0 Å². The number of rotatable bonds is 9. The van der Waals surface area contributed by atoms with E-state index in [1.165, 1.54) is 38.5 Å². The molecule has 0 aromatic carbocycles. The van der Waals surface area contributed by atoms with Crippen LogP contribution in [0.1, 0.15) is 59.3 Å². The van der Waals surface area contributed by atoms with Crippen LogP contribution < -0.4 is 0 Å². The maximum atomic E-state index is 2.39. The Balaban J connectivity index is 4.14. The van der Waals surface area contributed by atoms with Gasteiger partial charge in [-0.1, -0.05) is 75.7 Å². The zero-order valence-electron chi connectivity index (χ0n) is 11.2. The van der Waals surface area contributed by atoms with Gasteiger partial charge in [0, 0.05) is 0 Å². The van der Waals surface area contributed by atoms with Crippen molar-refractivity contribution in [1.29, 1.82) is 0 Å². The zero-order chi connectivity index (χ0) is 12.1. The summed E-state index contributed by atoms with van der Waals surface area (Å²) >= 11 is 0. The molecule has 0 radical (unpaired) electrons. The highest BCUT2D eigenvalue weighted by atomic mass is 31.1. The lowest BCUT2D eigenvalue weighted by molar-refractivity contribution is 0.958. The molecule has 92 valence electrons. The Morgan fingerprint density at radius 1 is 0.625 bits per heavy atom. The summed E-state index contributed by atoms with van der Waals surface area (Å²) in [5.41, 5.74) is 0. The summed E-state index contributed by atoms with van der Waals surface area (Å²) in [7, 11) is -0.137. The van der Waals surface area contributed by atoms with E-state index in [1.54, 1.807) is 0 Å². The largest absolute Gasteiger partial charge is 0.0835 e. The fraction of sp³-hybridized carbons (Fsp3) is 0.600. The van der Waals surface area contributed by atoms with Crippen molar-refractivity contribution in [3.8, 4) is 0 Å². The van der Waals surface area contributed by atoms with Gasteiger partial charge < -0.3 is 0 Å². The van der Waals surface area contributed by atoms with Gasteiger partial charge in [-0.25, -0.2) is 0 Å². The van der Waals surface area contributed by atoms with Crippen molar-refractivity contribution in [3.63, 3.8) is 0 Å². The summed E-state index contributed by atoms with van der Waals surface area (Å²) in [5, 5.41) is 0. The quantitative estimate of drug-likeness (QED) is 0.407. The SMILES string of the molecule is CCCC=CP(C=CCCC)C=CCCC. The molecule has 0 saturated carbocycles. The van der Waals surface area contributed by atoms with Crippen LogP contribution in [0.4, 0.5) is 0 Å². The normalized spacial score (nSPS) is 14.4. The molecule has 0 N–H and O–H groups in total. The van der Waals surface area contributed by atoms with Crippen molar-refractivity contribution in [2.75, 3.05) is 0 Å². The molecule has 0 aliphatic carbocycles. The van der Waals surface area contributed by atoms with Crippen LogP contribution in [0, 0.1) is 0 Å². The van der Waals surface area contributed by atoms with Crippen LogP contribution in [0.15, 0.2) is 35.7 Å². The molecule has 0 aliphatic heterocycles. The Hall–Kier alpha value is -0.350. The molecular weight excluding hydrogens is 211 g/mol. The fourth-order valence-electron chi connectivity index (χ4n) is 1.24. The summed E-state index contributed by atoms with van der Waals surface area (Å²) in [6.07, 6.45) is 14.4. The molecule has 0 atom stereocenters. The average molecular weight is 238 g/mol. The molecule has 0 amide bonds. The molecule has 16 heavy (non-hydrogen) atoms. The Morgan fingerprint density at radius 2 is 0.938 bits per heavy atom. The second-order valence-corrected chi connectivity index (χ2v) is 5.76. The second kappa shape index (κ2) is 12.7. The van der Waals surface area contributed by atoms with Gasteiger partial charge in [-0.05, 0) is 27.2 Å². The Labute approximate surface area is 103 Å². The minimum absolute atomic E-state index is 0.137. The molecule has 1 heteroatoms.